The average Bonchev–Trinajstić information content (AvgIpc) is 2.88. The van der Waals surface area contributed by atoms with Crippen molar-refractivity contribution in [3.63, 3.8) is 0 Å². The molecule has 0 spiro atoms. The number of imidazole rings is 1. The van der Waals surface area contributed by atoms with E-state index in [1.54, 1.807) is 24.2 Å². The summed E-state index contributed by atoms with van der Waals surface area (Å²) < 4.78 is 1.89. The van der Waals surface area contributed by atoms with Crippen molar-refractivity contribution in [2.45, 2.75) is 6.54 Å². The molecule has 6 heteroatoms. The van der Waals surface area contributed by atoms with Crippen LogP contribution in [0.2, 0.25) is 0 Å². The zero-order valence-electron chi connectivity index (χ0n) is 9.75. The first-order valence-electron chi connectivity index (χ1n) is 5.14. The van der Waals surface area contributed by atoms with Gasteiger partial charge in [-0.15, -0.1) is 11.3 Å². The number of carbonyl (C=O) groups is 1. The van der Waals surface area contributed by atoms with Gasteiger partial charge in [0.15, 0.2) is 0 Å². The maximum atomic E-state index is 12.1. The highest BCUT2D eigenvalue weighted by molar-refractivity contribution is 7.12. The van der Waals surface area contributed by atoms with Crippen LogP contribution in [0.5, 0.6) is 0 Å². The first-order valence-corrected chi connectivity index (χ1v) is 6.02. The van der Waals surface area contributed by atoms with Crippen LogP contribution in [0.25, 0.3) is 0 Å². The molecule has 0 fully saturated rings. The molecule has 0 aliphatic carbocycles. The van der Waals surface area contributed by atoms with E-state index in [4.69, 9.17) is 5.73 Å². The molecular weight excluding hydrogens is 236 g/mol. The predicted octanol–water partition coefficient (Wildman–Crippen LogP) is 1.34. The molecule has 2 rings (SSSR count). The summed E-state index contributed by atoms with van der Waals surface area (Å²) in [6.45, 7) is 0.472. The lowest BCUT2D eigenvalue weighted by Crippen LogP contribution is -2.27. The number of aromatic nitrogens is 2. The van der Waals surface area contributed by atoms with Crippen molar-refractivity contribution < 1.29 is 4.79 Å². The Kier molecular flexibility index (Phi) is 3.14. The van der Waals surface area contributed by atoms with E-state index >= 15 is 0 Å². The minimum absolute atomic E-state index is 0.0690. The standard InChI is InChI=1S/C11H14N4OS/c1-14-5-4-13-9(14)7-15(2)11(16)10-8(12)3-6-17-10/h3-6H,7,12H2,1-2H3. The summed E-state index contributed by atoms with van der Waals surface area (Å²) >= 11 is 1.36. The van der Waals surface area contributed by atoms with Crippen LogP contribution in [0.3, 0.4) is 0 Å². The van der Waals surface area contributed by atoms with Crippen molar-refractivity contribution in [2.24, 2.45) is 7.05 Å². The average molecular weight is 250 g/mol. The van der Waals surface area contributed by atoms with Crippen LogP contribution in [0.4, 0.5) is 5.69 Å². The number of hydrogen-bond donors (Lipinski definition) is 1. The molecule has 0 saturated heterocycles. The van der Waals surface area contributed by atoms with Gasteiger partial charge in [0.05, 0.1) is 12.2 Å². The van der Waals surface area contributed by atoms with E-state index in [1.165, 1.54) is 11.3 Å². The zero-order chi connectivity index (χ0) is 12.4. The number of hydrogen-bond acceptors (Lipinski definition) is 4. The number of aryl methyl sites for hydroxylation is 1. The number of nitrogens with two attached hydrogens (primary N) is 1. The molecule has 0 atom stereocenters. The van der Waals surface area contributed by atoms with E-state index in [-0.39, 0.29) is 5.91 Å². The second kappa shape index (κ2) is 4.58. The number of nitrogens with zero attached hydrogens (tertiary/aromatic N) is 3. The van der Waals surface area contributed by atoms with Gasteiger partial charge in [-0.25, -0.2) is 4.98 Å². The SMILES string of the molecule is CN(Cc1nccn1C)C(=O)c1sccc1N. The minimum atomic E-state index is -0.0690. The summed E-state index contributed by atoms with van der Waals surface area (Å²) in [7, 11) is 3.65. The topological polar surface area (TPSA) is 64.2 Å². The van der Waals surface area contributed by atoms with Crippen LogP contribution in [0.1, 0.15) is 15.5 Å². The highest BCUT2D eigenvalue weighted by Gasteiger charge is 2.17. The highest BCUT2D eigenvalue weighted by Crippen LogP contribution is 2.20. The van der Waals surface area contributed by atoms with E-state index in [0.717, 1.165) is 5.82 Å². The lowest BCUT2D eigenvalue weighted by molar-refractivity contribution is 0.0786. The fraction of sp³-hybridized carbons (Fsp3) is 0.273. The number of nitrogen functional groups attached to an aromatic ring is 1. The smallest absolute Gasteiger partial charge is 0.266 e. The zero-order valence-corrected chi connectivity index (χ0v) is 10.6. The Balaban J connectivity index is 2.11. The second-order valence-electron chi connectivity index (χ2n) is 3.82. The Morgan fingerprint density at radius 1 is 1.65 bits per heavy atom. The second-order valence-corrected chi connectivity index (χ2v) is 4.74. The molecule has 2 heterocycles. The van der Waals surface area contributed by atoms with Crippen molar-refractivity contribution in [3.8, 4) is 0 Å². The molecule has 0 aromatic carbocycles. The van der Waals surface area contributed by atoms with Gasteiger partial charge in [-0.3, -0.25) is 4.79 Å². The lowest BCUT2D eigenvalue weighted by atomic mass is 10.3. The summed E-state index contributed by atoms with van der Waals surface area (Å²) in [5, 5.41) is 1.82. The molecule has 2 aromatic rings. The Hall–Kier alpha value is -1.82. The molecule has 0 aliphatic heterocycles. The summed E-state index contributed by atoms with van der Waals surface area (Å²) in [6, 6.07) is 1.74. The van der Waals surface area contributed by atoms with Crippen LogP contribution in [-0.4, -0.2) is 27.4 Å². The monoisotopic (exact) mass is 250 g/mol. The van der Waals surface area contributed by atoms with Gasteiger partial charge in [0.1, 0.15) is 10.7 Å². The molecule has 1 amide bonds. The van der Waals surface area contributed by atoms with Crippen molar-refractivity contribution in [1.29, 1.82) is 0 Å². The molecule has 0 aliphatic rings. The first kappa shape index (κ1) is 11.7. The lowest BCUT2D eigenvalue weighted by Gasteiger charge is -2.16. The van der Waals surface area contributed by atoms with Crippen LogP contribution in [0.15, 0.2) is 23.8 Å². The van der Waals surface area contributed by atoms with Gasteiger partial charge in [-0.2, -0.15) is 0 Å². The highest BCUT2D eigenvalue weighted by atomic mass is 32.1. The fourth-order valence-electron chi connectivity index (χ4n) is 1.50. The van der Waals surface area contributed by atoms with Gasteiger partial charge in [-0.1, -0.05) is 0 Å². The quantitative estimate of drug-likeness (QED) is 0.894. The molecule has 90 valence electrons. The molecule has 0 unspecified atom stereocenters. The third-order valence-corrected chi connectivity index (χ3v) is 3.45. The number of thiophene rings is 1. The van der Waals surface area contributed by atoms with Crippen LogP contribution >= 0.6 is 11.3 Å². The van der Waals surface area contributed by atoms with Gasteiger partial charge in [0.2, 0.25) is 0 Å². The normalized spacial score (nSPS) is 10.5. The molecule has 0 bridgehead atoms. The maximum absolute atomic E-state index is 12.1. The summed E-state index contributed by atoms with van der Waals surface area (Å²) in [5.74, 6) is 0.775. The van der Waals surface area contributed by atoms with E-state index in [1.807, 2.05) is 23.2 Å². The molecular formula is C11H14N4OS. The van der Waals surface area contributed by atoms with Crippen LogP contribution < -0.4 is 5.73 Å². The first-order chi connectivity index (χ1) is 8.09. The minimum Gasteiger partial charge on any atom is -0.397 e. The predicted molar refractivity (Wildman–Crippen MR) is 67.7 cm³/mol. The Labute approximate surface area is 103 Å². The van der Waals surface area contributed by atoms with Crippen molar-refractivity contribution >= 4 is 22.9 Å². The Morgan fingerprint density at radius 2 is 2.41 bits per heavy atom. The summed E-state index contributed by atoms with van der Waals surface area (Å²) in [4.78, 5) is 18.5. The number of rotatable bonds is 3. The Bertz CT molecular complexity index is 531. The van der Waals surface area contributed by atoms with E-state index in [9.17, 15) is 4.79 Å². The van der Waals surface area contributed by atoms with Crippen LogP contribution in [0, 0.1) is 0 Å². The van der Waals surface area contributed by atoms with Gasteiger partial charge >= 0.3 is 0 Å². The third kappa shape index (κ3) is 2.31. The molecule has 5 nitrogen and oxygen atoms in total. The molecule has 0 saturated carbocycles. The summed E-state index contributed by atoms with van der Waals surface area (Å²) in [6.07, 6.45) is 3.57. The number of anilines is 1. The van der Waals surface area contributed by atoms with E-state index < -0.39 is 0 Å². The fourth-order valence-corrected chi connectivity index (χ4v) is 2.31. The van der Waals surface area contributed by atoms with E-state index in [2.05, 4.69) is 4.98 Å². The molecule has 17 heavy (non-hydrogen) atoms. The largest absolute Gasteiger partial charge is 0.397 e. The van der Waals surface area contributed by atoms with E-state index in [0.29, 0.717) is 17.1 Å². The van der Waals surface area contributed by atoms with Crippen LogP contribution in [-0.2, 0) is 13.6 Å². The van der Waals surface area contributed by atoms with Crippen molar-refractivity contribution in [3.05, 3.63) is 34.5 Å². The third-order valence-electron chi connectivity index (χ3n) is 2.54. The number of carbonyl (C=O) groups excluding carboxylic acids is 1. The summed E-state index contributed by atoms with van der Waals surface area (Å²) in [5.41, 5.74) is 6.26. The van der Waals surface area contributed by atoms with Gasteiger partial charge in [0.25, 0.3) is 5.91 Å². The van der Waals surface area contributed by atoms with Gasteiger partial charge in [-0.05, 0) is 11.4 Å². The van der Waals surface area contributed by atoms with Gasteiger partial charge in [0, 0.05) is 26.5 Å². The molecule has 2 N–H and O–H groups in total. The van der Waals surface area contributed by atoms with Crippen molar-refractivity contribution in [1.82, 2.24) is 14.5 Å². The molecule has 0 radical (unpaired) electrons. The number of amides is 1. The maximum Gasteiger partial charge on any atom is 0.266 e. The van der Waals surface area contributed by atoms with Gasteiger partial charge < -0.3 is 15.2 Å². The van der Waals surface area contributed by atoms with Crippen molar-refractivity contribution in [2.75, 3.05) is 12.8 Å². The molecule has 2 aromatic heterocycles. The Morgan fingerprint density at radius 3 is 2.94 bits per heavy atom.